The van der Waals surface area contributed by atoms with E-state index in [1.165, 1.54) is 0 Å². The number of amides is 1. The van der Waals surface area contributed by atoms with Gasteiger partial charge in [-0.05, 0) is 0 Å². The number of carbonyl (C=O) groups is 1. The van der Waals surface area contributed by atoms with Gasteiger partial charge in [0.2, 0.25) is 0 Å². The molecular weight excluding hydrogens is 361 g/mol. The Morgan fingerprint density at radius 2 is 2.17 bits per heavy atom. The molecule has 1 aliphatic rings. The molecule has 0 atom stereocenters. The van der Waals surface area contributed by atoms with Crippen molar-refractivity contribution < 1.29 is 9.82 Å². The molecule has 29 heavy (non-hydrogen) atoms. The molecule has 2 aromatic heterocycles. The number of carbonyl (C=O) groups excluding carboxylic acids is 1. The van der Waals surface area contributed by atoms with E-state index in [0.717, 1.165) is 22.1 Å². The van der Waals surface area contributed by atoms with Crippen LogP contribution in [0.15, 0.2) is 60.9 Å². The Balaban J connectivity index is 2.22. The van der Waals surface area contributed by atoms with E-state index in [2.05, 4.69) is 32.3 Å². The van der Waals surface area contributed by atoms with Crippen LogP contribution in [-0.4, -0.2) is 41.8 Å². The van der Waals surface area contributed by atoms with E-state index in [1.54, 1.807) is 23.6 Å². The summed E-state index contributed by atoms with van der Waals surface area (Å²) in [4.78, 5) is 12.4. The molecule has 9 heteroatoms. The molecule has 3 rings (SSSR count). The van der Waals surface area contributed by atoms with E-state index < -0.39 is 5.91 Å². The van der Waals surface area contributed by atoms with Crippen molar-refractivity contribution in [3.05, 3.63) is 66.4 Å². The molecule has 0 aromatic carbocycles. The fourth-order valence-electron chi connectivity index (χ4n) is 3.61. The predicted octanol–water partition coefficient (Wildman–Crippen LogP) is 0.928. The van der Waals surface area contributed by atoms with Crippen molar-refractivity contribution in [2.45, 2.75) is 20.4 Å². The standard InChI is InChI=1S/C20H23B3N4O2/c1-5-7-8-14-12(6-2)20(3,4)11-27-19(25-14)16(18(24)28)17(26-27)13-9-10-15(23-29)22-21-13/h5-10,23,25,29H,1-2,11H2,3-4H3,(H2,24,28)/b8-7-. The Morgan fingerprint density at radius 1 is 1.41 bits per heavy atom. The van der Waals surface area contributed by atoms with Crippen molar-refractivity contribution in [3.8, 4) is 11.2 Å². The first-order chi connectivity index (χ1) is 13.8. The summed E-state index contributed by atoms with van der Waals surface area (Å²) in [5, 5.41) is 18.1. The van der Waals surface area contributed by atoms with E-state index in [9.17, 15) is 9.82 Å². The number of allylic oxidation sites excluding steroid dienone is 5. The van der Waals surface area contributed by atoms with Crippen LogP contribution in [0.25, 0.3) is 11.2 Å². The molecule has 0 fully saturated rings. The van der Waals surface area contributed by atoms with E-state index in [0.29, 0.717) is 23.6 Å². The molecule has 0 aliphatic carbocycles. The van der Waals surface area contributed by atoms with E-state index in [4.69, 9.17) is 10.8 Å². The fraction of sp³-hybridized carbons (Fsp3) is 0.200. The second-order valence-electron chi connectivity index (χ2n) is 7.58. The molecule has 144 valence electrons. The number of nitrogens with two attached hydrogens (primary N) is 1. The molecule has 0 unspecified atom stereocenters. The summed E-state index contributed by atoms with van der Waals surface area (Å²) in [6.07, 6.45) is 7.23. The second-order valence-corrected chi connectivity index (χ2v) is 7.58. The maximum atomic E-state index is 12.4. The van der Waals surface area contributed by atoms with Crippen LogP contribution in [0.4, 0.5) is 5.82 Å². The van der Waals surface area contributed by atoms with Crippen molar-refractivity contribution in [3.63, 3.8) is 0 Å². The fourth-order valence-corrected chi connectivity index (χ4v) is 3.61. The number of anilines is 1. The van der Waals surface area contributed by atoms with Crippen LogP contribution < -0.4 is 16.4 Å². The monoisotopic (exact) mass is 384 g/mol. The van der Waals surface area contributed by atoms with Gasteiger partial charge in [0.05, 0.1) is 0 Å². The molecule has 0 spiro atoms. The van der Waals surface area contributed by atoms with Gasteiger partial charge >= 0.3 is 172 Å². The Kier molecular flexibility index (Phi) is 5.89. The predicted molar refractivity (Wildman–Crippen MR) is 122 cm³/mol. The summed E-state index contributed by atoms with van der Waals surface area (Å²) in [6, 6.07) is 3.63. The van der Waals surface area contributed by atoms with Crippen molar-refractivity contribution >= 4 is 38.2 Å². The average molecular weight is 384 g/mol. The first kappa shape index (κ1) is 20.8. The number of primary amides is 1. The number of nitrogens with one attached hydrogen (secondary N) is 1. The molecular formula is C20H23B3N4O2. The molecule has 0 saturated heterocycles. The molecule has 1 aliphatic heterocycles. The molecule has 4 N–H and O–H groups in total. The van der Waals surface area contributed by atoms with E-state index >= 15 is 0 Å². The van der Waals surface area contributed by atoms with E-state index in [-0.39, 0.29) is 12.9 Å². The minimum absolute atomic E-state index is 0.0491. The summed E-state index contributed by atoms with van der Waals surface area (Å²) in [6.45, 7) is 16.1. The average Bonchev–Trinajstić information content (AvgIpc) is 2.98. The SMILES string of the molecule is C=C/C=C\C1=C(C=C)C(C)(C)Cn2nc(-c3bbc(BO)cc3)c(C(N)=O)c2N1. The van der Waals surface area contributed by atoms with Gasteiger partial charge in [-0.15, -0.1) is 0 Å². The number of nitrogens with zero attached hydrogens (tertiary/aromatic N) is 2. The van der Waals surface area contributed by atoms with Gasteiger partial charge in [-0.3, -0.25) is 0 Å². The molecule has 2 aromatic rings. The van der Waals surface area contributed by atoms with Crippen LogP contribution in [-0.2, 0) is 6.54 Å². The summed E-state index contributed by atoms with van der Waals surface area (Å²) in [5.41, 5.74) is 8.88. The normalized spacial score (nSPS) is 15.1. The van der Waals surface area contributed by atoms with Gasteiger partial charge in [0, 0.05) is 0 Å². The number of rotatable bonds is 6. The summed E-state index contributed by atoms with van der Waals surface area (Å²) < 4.78 is 1.79. The summed E-state index contributed by atoms with van der Waals surface area (Å²) >= 11 is 0. The van der Waals surface area contributed by atoms with Crippen molar-refractivity contribution in [1.82, 2.24) is 9.78 Å². The van der Waals surface area contributed by atoms with Crippen molar-refractivity contribution in [2.75, 3.05) is 5.32 Å². The number of fused-ring (bicyclic) bond motifs is 1. The summed E-state index contributed by atoms with van der Waals surface area (Å²) in [5.74, 6) is -0.0146. The zero-order chi connectivity index (χ0) is 21.2. The quantitative estimate of drug-likeness (QED) is 0.511. The van der Waals surface area contributed by atoms with Gasteiger partial charge in [0.1, 0.15) is 0 Å². The number of hydrogen-bond donors (Lipinski definition) is 3. The van der Waals surface area contributed by atoms with Crippen LogP contribution in [0, 0.1) is 5.41 Å². The Labute approximate surface area is 172 Å². The van der Waals surface area contributed by atoms with Gasteiger partial charge in [0.25, 0.3) is 0 Å². The Bertz CT molecular complexity index is 1040. The Morgan fingerprint density at radius 3 is 2.72 bits per heavy atom. The van der Waals surface area contributed by atoms with Crippen molar-refractivity contribution in [1.29, 1.82) is 0 Å². The molecule has 3 heterocycles. The molecule has 1 amide bonds. The topological polar surface area (TPSA) is 93.2 Å². The molecule has 0 radical (unpaired) electrons. The van der Waals surface area contributed by atoms with Gasteiger partial charge in [-0.25, -0.2) is 0 Å². The molecule has 0 saturated carbocycles. The van der Waals surface area contributed by atoms with Crippen LogP contribution >= 0.6 is 0 Å². The van der Waals surface area contributed by atoms with Crippen LogP contribution in [0.1, 0.15) is 24.2 Å². The van der Waals surface area contributed by atoms with Gasteiger partial charge in [-0.1, -0.05) is 0 Å². The van der Waals surface area contributed by atoms with Crippen molar-refractivity contribution in [2.24, 2.45) is 11.1 Å². The third-order valence-corrected chi connectivity index (χ3v) is 5.03. The third kappa shape index (κ3) is 3.96. The Hall–Kier alpha value is -2.93. The third-order valence-electron chi connectivity index (χ3n) is 5.03. The van der Waals surface area contributed by atoms with Gasteiger partial charge < -0.3 is 0 Å². The summed E-state index contributed by atoms with van der Waals surface area (Å²) in [7, 11) is -0.0491. The van der Waals surface area contributed by atoms with Gasteiger partial charge in [0.15, 0.2) is 0 Å². The first-order valence-corrected chi connectivity index (χ1v) is 9.36. The maximum absolute atomic E-state index is 12.4. The van der Waals surface area contributed by atoms with E-state index in [1.807, 2.05) is 31.1 Å². The number of aromatic nitrogens is 2. The van der Waals surface area contributed by atoms with Crippen LogP contribution in [0.2, 0.25) is 0 Å². The zero-order valence-corrected chi connectivity index (χ0v) is 16.8. The van der Waals surface area contributed by atoms with Gasteiger partial charge in [-0.2, -0.15) is 0 Å². The number of hydrogen-bond acceptors (Lipinski definition) is 4. The van der Waals surface area contributed by atoms with Crippen LogP contribution in [0.5, 0.6) is 0 Å². The molecule has 0 bridgehead atoms. The zero-order valence-electron chi connectivity index (χ0n) is 16.8. The second kappa shape index (κ2) is 8.21. The first-order valence-electron chi connectivity index (χ1n) is 9.36. The van der Waals surface area contributed by atoms with Crippen LogP contribution in [0.3, 0.4) is 0 Å². The molecule has 6 nitrogen and oxygen atoms in total. The minimum atomic E-state index is -0.563.